The smallest absolute Gasteiger partial charge is 0.328 e. The third-order valence-electron chi connectivity index (χ3n) is 5.11. The van der Waals surface area contributed by atoms with Crippen molar-refractivity contribution in [3.63, 3.8) is 0 Å². The van der Waals surface area contributed by atoms with E-state index in [0.717, 1.165) is 0 Å². The molecule has 0 fully saturated rings. The zero-order valence-corrected chi connectivity index (χ0v) is 30.9. The van der Waals surface area contributed by atoms with E-state index in [4.69, 9.17) is 33.4 Å². The summed E-state index contributed by atoms with van der Waals surface area (Å²) in [6.45, 7) is 30.0. The first-order chi connectivity index (χ1) is 15.6. The average Bonchev–Trinajstić information content (AvgIpc) is 2.69. The lowest BCUT2D eigenvalue weighted by atomic mass is 10.5. The summed E-state index contributed by atoms with van der Waals surface area (Å²) in [5, 5.41) is 0. The highest BCUT2D eigenvalue weighted by molar-refractivity contribution is 8.12. The monoisotopic (exact) mass is 652 g/mol. The largest absolute Gasteiger partial charge is 0.365 e. The van der Waals surface area contributed by atoms with Crippen molar-refractivity contribution in [2.24, 2.45) is 0 Å². The Morgan fingerprint density at radius 2 is 0.568 bits per heavy atom. The second-order valence-electron chi connectivity index (χ2n) is 10.3. The van der Waals surface area contributed by atoms with E-state index in [-0.39, 0.29) is 41.4 Å². The normalized spacial score (nSPS) is 12.2. The molecular formula is C24H64O7P4S2. The molecule has 0 saturated carbocycles. The molecule has 234 valence electrons. The van der Waals surface area contributed by atoms with Crippen LogP contribution in [0.15, 0.2) is 0 Å². The lowest BCUT2D eigenvalue weighted by molar-refractivity contribution is 0.363. The number of hydrogen-bond donors (Lipinski definition) is 5. The predicted molar refractivity (Wildman–Crippen MR) is 179 cm³/mol. The molecule has 0 aromatic carbocycles. The molecule has 0 amide bonds. The van der Waals surface area contributed by atoms with E-state index < -0.39 is 33.2 Å². The summed E-state index contributed by atoms with van der Waals surface area (Å²) in [6, 6.07) is 0. The molecule has 0 aromatic rings. The molecule has 0 radical (unpaired) electrons. The molecule has 7 nitrogen and oxygen atoms in total. The van der Waals surface area contributed by atoms with E-state index in [1.54, 1.807) is 27.7 Å². The SMILES string of the molecule is C.CC.CC(C)P(=O)(O)C(C)C.CC(C)P(=O)(O)O.CC(C)P(O)(=S)C(C)C.CC(C)P(O)(=S)C(C)C. The van der Waals surface area contributed by atoms with Gasteiger partial charge in [0.1, 0.15) is 0 Å². The van der Waals surface area contributed by atoms with Gasteiger partial charge in [-0.05, 0) is 0 Å². The van der Waals surface area contributed by atoms with Gasteiger partial charge in [-0.25, -0.2) is 0 Å². The predicted octanol–water partition coefficient (Wildman–Crippen LogP) is 8.69. The maximum Gasteiger partial charge on any atom is 0.328 e. The summed E-state index contributed by atoms with van der Waals surface area (Å²) in [5.41, 5.74) is 0.350. The molecule has 0 unspecified atom stereocenters. The maximum absolute atomic E-state index is 11.2. The first-order valence-electron chi connectivity index (χ1n) is 12.6. The van der Waals surface area contributed by atoms with Crippen LogP contribution in [-0.4, -0.2) is 64.1 Å². The molecule has 0 aliphatic carbocycles. The van der Waals surface area contributed by atoms with E-state index in [2.05, 4.69) is 0 Å². The van der Waals surface area contributed by atoms with E-state index in [9.17, 15) is 23.8 Å². The second-order valence-corrected chi connectivity index (χ2v) is 26.2. The molecule has 0 aromatic heterocycles. The Balaban J connectivity index is -0.0000000841. The fourth-order valence-corrected chi connectivity index (χ4v) is 5.37. The van der Waals surface area contributed by atoms with Crippen LogP contribution >= 0.6 is 27.5 Å². The average molecular weight is 653 g/mol. The van der Waals surface area contributed by atoms with Gasteiger partial charge in [0, 0.05) is 34.0 Å². The quantitative estimate of drug-likeness (QED) is 0.171. The van der Waals surface area contributed by atoms with Crippen LogP contribution in [-0.2, 0) is 32.7 Å². The third kappa shape index (κ3) is 25.0. The van der Waals surface area contributed by atoms with Crippen molar-refractivity contribution in [1.82, 2.24) is 0 Å². The Kier molecular flexibility index (Phi) is 32.1. The zero-order chi connectivity index (χ0) is 31.0. The van der Waals surface area contributed by atoms with E-state index in [1.807, 2.05) is 69.2 Å². The minimum Gasteiger partial charge on any atom is -0.365 e. The zero-order valence-electron chi connectivity index (χ0n) is 25.7. The standard InChI is InChI=1S/C6H15O2P.2C6H15OPS.C3H9O3P.C2H6.CH4/c1-5(2)9(7,8)6(3)4;2*1-5(2)8(7,9)6(3)4;1-3(2)7(4,5)6;1-2;/h5-6H,1-4H3,(H,7,8);2*5-6H,1-4H3,(H,7,9);3H,1-2H3,(H2,4,5,6);1-2H3;1H4. The summed E-state index contributed by atoms with van der Waals surface area (Å²) < 4.78 is 21.2. The molecule has 0 spiro atoms. The molecule has 0 aliphatic heterocycles. The maximum atomic E-state index is 11.2. The van der Waals surface area contributed by atoms with Crippen molar-refractivity contribution >= 4 is 51.1 Å². The van der Waals surface area contributed by atoms with Crippen molar-refractivity contribution in [1.29, 1.82) is 0 Å². The Labute approximate surface area is 241 Å². The van der Waals surface area contributed by atoms with Crippen LogP contribution in [0.5, 0.6) is 0 Å². The van der Waals surface area contributed by atoms with Crippen LogP contribution in [0.4, 0.5) is 0 Å². The van der Waals surface area contributed by atoms with Gasteiger partial charge in [0.25, 0.3) is 0 Å². The van der Waals surface area contributed by atoms with Crippen molar-refractivity contribution in [2.45, 2.75) is 158 Å². The number of hydrogen-bond acceptors (Lipinski definition) is 4. The first-order valence-corrected chi connectivity index (χ1v) is 21.9. The Morgan fingerprint density at radius 3 is 0.568 bits per heavy atom. The fourth-order valence-electron chi connectivity index (χ4n) is 1.79. The van der Waals surface area contributed by atoms with Crippen LogP contribution in [0.3, 0.4) is 0 Å². The Hall–Kier alpha value is 1.56. The van der Waals surface area contributed by atoms with Gasteiger partial charge in [0.05, 0.1) is 18.2 Å². The van der Waals surface area contributed by atoms with Gasteiger partial charge >= 0.3 is 7.60 Å². The van der Waals surface area contributed by atoms with Crippen LogP contribution in [0, 0.1) is 0 Å². The summed E-state index contributed by atoms with van der Waals surface area (Å²) in [4.78, 5) is 44.8. The summed E-state index contributed by atoms with van der Waals surface area (Å²) in [7, 11) is -6.57. The van der Waals surface area contributed by atoms with Gasteiger partial charge < -0.3 is 24.5 Å². The molecule has 5 N–H and O–H groups in total. The van der Waals surface area contributed by atoms with E-state index in [1.165, 1.54) is 13.8 Å². The van der Waals surface area contributed by atoms with Gasteiger partial charge in [0.15, 0.2) is 0 Å². The Morgan fingerprint density at radius 1 is 0.432 bits per heavy atom. The minimum atomic E-state index is -3.74. The molecule has 37 heavy (non-hydrogen) atoms. The van der Waals surface area contributed by atoms with Crippen molar-refractivity contribution in [3.8, 4) is 0 Å². The highest BCUT2D eigenvalue weighted by Crippen LogP contribution is 2.51. The molecule has 0 aliphatic rings. The summed E-state index contributed by atoms with van der Waals surface area (Å²) in [5.74, 6) is 0. The van der Waals surface area contributed by atoms with E-state index >= 15 is 0 Å². The van der Waals surface area contributed by atoms with Crippen molar-refractivity contribution in [2.75, 3.05) is 0 Å². The highest BCUT2D eigenvalue weighted by Gasteiger charge is 2.26. The van der Waals surface area contributed by atoms with Crippen LogP contribution in [0.2, 0.25) is 0 Å². The molecular weight excluding hydrogens is 588 g/mol. The van der Waals surface area contributed by atoms with Crippen molar-refractivity contribution < 1.29 is 33.6 Å². The third-order valence-corrected chi connectivity index (χ3v) is 20.4. The van der Waals surface area contributed by atoms with Crippen LogP contribution < -0.4 is 0 Å². The number of rotatable bonds is 7. The van der Waals surface area contributed by atoms with Gasteiger partial charge in [-0.3, -0.25) is 9.13 Å². The summed E-state index contributed by atoms with van der Waals surface area (Å²) >= 11 is 10.1. The second kappa shape index (κ2) is 23.2. The minimum absolute atomic E-state index is 0. The van der Waals surface area contributed by atoms with Gasteiger partial charge in [-0.15, -0.1) is 0 Å². The molecule has 0 bridgehead atoms. The van der Waals surface area contributed by atoms with Gasteiger partial charge in [-0.2, -0.15) is 0 Å². The lowest BCUT2D eigenvalue weighted by Gasteiger charge is -2.23. The molecule has 0 heterocycles. The molecule has 0 saturated heterocycles. The molecule has 13 heteroatoms. The summed E-state index contributed by atoms with van der Waals surface area (Å²) in [6.07, 6.45) is -4.01. The first kappa shape index (κ1) is 51.3. The fraction of sp³-hybridized carbons (Fsp3) is 1.00. The topological polar surface area (TPSA) is 135 Å². The van der Waals surface area contributed by atoms with Gasteiger partial charge in [-0.1, -0.05) is 142 Å². The highest BCUT2D eigenvalue weighted by atomic mass is 32.4. The van der Waals surface area contributed by atoms with E-state index in [0.29, 0.717) is 0 Å². The molecule has 0 rings (SSSR count). The van der Waals surface area contributed by atoms with Crippen LogP contribution in [0.25, 0.3) is 0 Å². The molecule has 0 atom stereocenters. The van der Waals surface area contributed by atoms with Gasteiger partial charge in [0.2, 0.25) is 7.37 Å². The van der Waals surface area contributed by atoms with Crippen molar-refractivity contribution in [3.05, 3.63) is 0 Å². The lowest BCUT2D eigenvalue weighted by Crippen LogP contribution is -2.06. The Bertz CT molecular complexity index is 621. The van der Waals surface area contributed by atoms with Crippen LogP contribution in [0.1, 0.15) is 118 Å².